The summed E-state index contributed by atoms with van der Waals surface area (Å²) < 4.78 is 73.4. The molecule has 8 nitrogen and oxygen atoms in total. The van der Waals surface area contributed by atoms with Crippen LogP contribution in [0.15, 0.2) is 53.7 Å². The fourth-order valence-electron chi connectivity index (χ4n) is 4.01. The van der Waals surface area contributed by atoms with Crippen LogP contribution in [0.5, 0.6) is 0 Å². The Labute approximate surface area is 195 Å². The monoisotopic (exact) mass is 499 g/mol. The van der Waals surface area contributed by atoms with Crippen molar-refractivity contribution in [2.75, 3.05) is 13.7 Å². The van der Waals surface area contributed by atoms with Gasteiger partial charge in [0.15, 0.2) is 0 Å². The van der Waals surface area contributed by atoms with Crippen LogP contribution in [0, 0.1) is 5.41 Å². The molecule has 3 unspecified atom stereocenters. The van der Waals surface area contributed by atoms with Crippen LogP contribution in [0.1, 0.15) is 35.3 Å². The summed E-state index contributed by atoms with van der Waals surface area (Å²) in [7, 11) is 1.46. The molecule has 0 saturated carbocycles. The molecule has 1 aromatic rings. The molecular weight excluding hydrogens is 478 g/mol. The molecule has 13 heteroatoms. The van der Waals surface area contributed by atoms with Gasteiger partial charge in [-0.2, -0.15) is 17.5 Å². The van der Waals surface area contributed by atoms with Gasteiger partial charge in [-0.3, -0.25) is 15.2 Å². The Hall–Kier alpha value is -2.90. The van der Waals surface area contributed by atoms with Crippen LogP contribution in [0.25, 0.3) is 0 Å². The number of carbonyl (C=O) groups is 1. The molecule has 3 heterocycles. The second kappa shape index (κ2) is 9.04. The molecule has 2 saturated heterocycles. The van der Waals surface area contributed by atoms with Crippen LogP contribution in [0.4, 0.5) is 17.6 Å². The van der Waals surface area contributed by atoms with Gasteiger partial charge in [0.1, 0.15) is 28.4 Å². The Morgan fingerprint density at radius 3 is 2.85 bits per heavy atom. The van der Waals surface area contributed by atoms with Crippen molar-refractivity contribution in [3.8, 4) is 0 Å². The lowest BCUT2D eigenvalue weighted by Crippen LogP contribution is -2.71. The van der Waals surface area contributed by atoms with E-state index in [0.717, 1.165) is 12.1 Å². The highest BCUT2D eigenvalue weighted by molar-refractivity contribution is 7.90. The van der Waals surface area contributed by atoms with Gasteiger partial charge in [0.2, 0.25) is 5.96 Å². The van der Waals surface area contributed by atoms with Crippen molar-refractivity contribution in [3.05, 3.63) is 64.9 Å². The number of ether oxygens (including phenoxy) is 1. The van der Waals surface area contributed by atoms with Gasteiger partial charge in [0, 0.05) is 17.5 Å². The number of guanidine groups is 1. The van der Waals surface area contributed by atoms with Crippen molar-refractivity contribution in [2.24, 2.45) is 0 Å². The Bertz CT molecular complexity index is 1090. The molecule has 0 bridgehead atoms. The maximum atomic E-state index is 15.2. The van der Waals surface area contributed by atoms with E-state index in [1.54, 1.807) is 0 Å². The molecule has 1 aliphatic carbocycles. The lowest BCUT2D eigenvalue weighted by Gasteiger charge is -2.49. The zero-order valence-electron chi connectivity index (χ0n) is 17.9. The molecule has 2 aliphatic heterocycles. The number of allylic oxidation sites excluding steroid dienone is 3. The Morgan fingerprint density at radius 1 is 1.41 bits per heavy atom. The standard InChI is InChI=1S/C21H21F4N5O3S/c1-30-19(26)29-20(8-3-9-33-18(20)34(30)32)14-10-13(4-2-5-15(14)22)28-17(31)16-7-6-12(11-27-16)21(23,24)25/h4-7,10-11,18H,2-3,8-9H2,1H3,(H2,26,29)(H,28,31). The Morgan fingerprint density at radius 2 is 2.18 bits per heavy atom. The third-order valence-corrected chi connectivity index (χ3v) is 7.38. The van der Waals surface area contributed by atoms with Crippen molar-refractivity contribution in [2.45, 2.75) is 36.4 Å². The Kier molecular flexibility index (Phi) is 6.44. The van der Waals surface area contributed by atoms with Gasteiger partial charge in [-0.25, -0.2) is 4.39 Å². The molecule has 4 rings (SSSR count). The van der Waals surface area contributed by atoms with E-state index >= 15 is 4.39 Å². The molecule has 2 fully saturated rings. The summed E-state index contributed by atoms with van der Waals surface area (Å²) in [5.41, 5.74) is -3.28. The maximum Gasteiger partial charge on any atom is 0.417 e. The number of aromatic nitrogens is 1. The van der Waals surface area contributed by atoms with E-state index in [4.69, 9.17) is 10.1 Å². The van der Waals surface area contributed by atoms with Crippen LogP contribution in [-0.4, -0.2) is 50.3 Å². The van der Waals surface area contributed by atoms with Crippen molar-refractivity contribution in [1.82, 2.24) is 19.9 Å². The molecule has 0 aromatic carbocycles. The van der Waals surface area contributed by atoms with E-state index in [0.29, 0.717) is 25.6 Å². The first kappa shape index (κ1) is 24.2. The molecular formula is C21H21F4N5O3S. The highest BCUT2D eigenvalue weighted by atomic mass is 32.2. The molecule has 1 amide bonds. The van der Waals surface area contributed by atoms with E-state index in [-0.39, 0.29) is 29.3 Å². The van der Waals surface area contributed by atoms with Crippen molar-refractivity contribution >= 4 is 23.2 Å². The number of halogens is 4. The van der Waals surface area contributed by atoms with Crippen molar-refractivity contribution in [3.63, 3.8) is 0 Å². The van der Waals surface area contributed by atoms with Crippen molar-refractivity contribution in [1.29, 1.82) is 5.41 Å². The molecule has 34 heavy (non-hydrogen) atoms. The number of nitrogens with zero attached hydrogens (tertiary/aromatic N) is 2. The zero-order valence-corrected chi connectivity index (χ0v) is 18.7. The minimum Gasteiger partial charge on any atom is -0.591 e. The van der Waals surface area contributed by atoms with E-state index in [1.165, 1.54) is 29.6 Å². The van der Waals surface area contributed by atoms with Gasteiger partial charge >= 0.3 is 6.18 Å². The molecule has 182 valence electrons. The summed E-state index contributed by atoms with van der Waals surface area (Å²) in [6.45, 7) is 0.318. The first-order chi connectivity index (χ1) is 16.0. The van der Waals surface area contributed by atoms with Gasteiger partial charge in [-0.05, 0) is 43.5 Å². The van der Waals surface area contributed by atoms with E-state index < -0.39 is 45.8 Å². The normalized spacial score (nSPS) is 27.5. The first-order valence-electron chi connectivity index (χ1n) is 10.3. The van der Waals surface area contributed by atoms with Gasteiger partial charge in [0.05, 0.1) is 19.2 Å². The molecule has 3 atom stereocenters. The quantitative estimate of drug-likeness (QED) is 0.436. The fourth-order valence-corrected chi connectivity index (χ4v) is 5.38. The number of alkyl halides is 3. The predicted octanol–water partition coefficient (Wildman–Crippen LogP) is 2.91. The maximum absolute atomic E-state index is 15.2. The average Bonchev–Trinajstić information content (AvgIpc) is 2.98. The second-order valence-corrected chi connectivity index (χ2v) is 9.44. The number of nitrogens with one attached hydrogen (secondary N) is 3. The van der Waals surface area contributed by atoms with Crippen LogP contribution >= 0.6 is 0 Å². The van der Waals surface area contributed by atoms with Gasteiger partial charge in [-0.1, -0.05) is 6.08 Å². The van der Waals surface area contributed by atoms with E-state index in [1.807, 2.05) is 0 Å². The lowest BCUT2D eigenvalue weighted by atomic mass is 9.82. The number of fused-ring (bicyclic) bond motifs is 1. The summed E-state index contributed by atoms with van der Waals surface area (Å²) in [5.74, 6) is -1.56. The highest BCUT2D eigenvalue weighted by Gasteiger charge is 2.59. The second-order valence-electron chi connectivity index (χ2n) is 7.91. The summed E-state index contributed by atoms with van der Waals surface area (Å²) in [4.78, 5) is 16.2. The van der Waals surface area contributed by atoms with E-state index in [9.17, 15) is 22.5 Å². The summed E-state index contributed by atoms with van der Waals surface area (Å²) >= 11 is -1.77. The topological polar surface area (TPSA) is 113 Å². The van der Waals surface area contributed by atoms with Crippen molar-refractivity contribution < 1.29 is 31.6 Å². The molecule has 0 spiro atoms. The van der Waals surface area contributed by atoms with Crippen LogP contribution in [0.3, 0.4) is 0 Å². The summed E-state index contributed by atoms with van der Waals surface area (Å²) in [6.07, 6.45) is 1.12. The molecule has 1 aromatic heterocycles. The minimum atomic E-state index is -4.58. The lowest BCUT2D eigenvalue weighted by molar-refractivity contribution is -0.137. The number of hydrogen-bond acceptors (Lipinski definition) is 5. The number of hydrogen-bond donors (Lipinski definition) is 3. The van der Waals surface area contributed by atoms with Crippen LogP contribution in [0.2, 0.25) is 0 Å². The molecule has 3 aliphatic rings. The number of pyridine rings is 1. The fraction of sp³-hybridized carbons (Fsp3) is 0.381. The summed E-state index contributed by atoms with van der Waals surface area (Å²) in [5, 5.41) is 13.7. The summed E-state index contributed by atoms with van der Waals surface area (Å²) in [6, 6.07) is 1.70. The van der Waals surface area contributed by atoms with Gasteiger partial charge < -0.3 is 19.9 Å². The third-order valence-electron chi connectivity index (χ3n) is 5.75. The minimum absolute atomic E-state index is 0.0628. The zero-order chi connectivity index (χ0) is 24.7. The SMILES string of the molecule is CN1C(=N)NC2(C3=CC(NC(=O)c4ccc(C(F)(F)F)cn4)=CCC=C3F)CCCOC2[S+]1[O-]. The van der Waals surface area contributed by atoms with Gasteiger partial charge in [-0.15, -0.1) is 0 Å². The third kappa shape index (κ3) is 4.42. The Balaban J connectivity index is 1.64. The predicted molar refractivity (Wildman–Crippen MR) is 115 cm³/mol. The number of carbonyl (C=O) groups excluding carboxylic acids is 1. The highest BCUT2D eigenvalue weighted by Crippen LogP contribution is 2.43. The smallest absolute Gasteiger partial charge is 0.417 e. The largest absolute Gasteiger partial charge is 0.591 e. The number of amides is 1. The molecule has 0 radical (unpaired) electrons. The van der Waals surface area contributed by atoms with E-state index in [2.05, 4.69) is 15.6 Å². The van der Waals surface area contributed by atoms with Gasteiger partial charge in [0.25, 0.3) is 11.3 Å². The first-order valence-corrected chi connectivity index (χ1v) is 11.5. The average molecular weight is 499 g/mol. The van der Waals surface area contributed by atoms with Crippen LogP contribution < -0.4 is 10.6 Å². The molecule has 3 N–H and O–H groups in total. The number of rotatable bonds is 3. The van der Waals surface area contributed by atoms with Crippen LogP contribution in [-0.2, 0) is 22.3 Å².